The summed E-state index contributed by atoms with van der Waals surface area (Å²) in [5, 5.41) is 21.6. The van der Waals surface area contributed by atoms with Crippen LogP contribution in [0.2, 0.25) is 0 Å². The molecule has 5 atom stereocenters. The highest BCUT2D eigenvalue weighted by atomic mass is 16.6. The molecule has 5 rings (SSSR count). The van der Waals surface area contributed by atoms with Gasteiger partial charge in [-0.3, -0.25) is 14.9 Å². The number of piperidine rings is 1. The van der Waals surface area contributed by atoms with E-state index in [2.05, 4.69) is 0 Å². The first kappa shape index (κ1) is 48.5. The van der Waals surface area contributed by atoms with Crippen LogP contribution in [0.3, 0.4) is 0 Å². The van der Waals surface area contributed by atoms with Gasteiger partial charge in [0, 0.05) is 12.6 Å². The van der Waals surface area contributed by atoms with Gasteiger partial charge in [0.15, 0.2) is 29.6 Å². The number of nitro groups is 1. The van der Waals surface area contributed by atoms with Gasteiger partial charge in [-0.05, 0) is 117 Å². The third-order valence-corrected chi connectivity index (χ3v) is 11.3. The Balaban J connectivity index is 1.36. The topological polar surface area (TPSA) is 192 Å². The van der Waals surface area contributed by atoms with E-state index in [-0.39, 0.29) is 17.2 Å². The number of benzene rings is 4. The molecule has 1 aliphatic rings. The average molecular weight is 887 g/mol. The Morgan fingerprint density at radius 1 is 0.797 bits per heavy atom. The largest absolute Gasteiger partial charge is 0.493 e. The third kappa shape index (κ3) is 11.7. The van der Waals surface area contributed by atoms with E-state index < -0.39 is 53.7 Å². The van der Waals surface area contributed by atoms with Crippen LogP contribution in [0.5, 0.6) is 34.5 Å². The van der Waals surface area contributed by atoms with E-state index in [4.69, 9.17) is 37.9 Å². The summed E-state index contributed by atoms with van der Waals surface area (Å²) in [7, 11) is 7.65. The van der Waals surface area contributed by atoms with Gasteiger partial charge < -0.3 is 47.9 Å². The fourth-order valence-electron chi connectivity index (χ4n) is 7.91. The third-order valence-electron chi connectivity index (χ3n) is 11.3. The van der Waals surface area contributed by atoms with Crippen molar-refractivity contribution in [2.75, 3.05) is 48.7 Å². The number of hydrogen-bond acceptors (Lipinski definition) is 14. The van der Waals surface area contributed by atoms with Gasteiger partial charge in [-0.25, -0.2) is 9.59 Å². The van der Waals surface area contributed by atoms with Crippen LogP contribution in [0.1, 0.15) is 105 Å². The van der Waals surface area contributed by atoms with E-state index in [0.29, 0.717) is 83.4 Å². The molecule has 4 aromatic rings. The van der Waals surface area contributed by atoms with E-state index in [1.165, 1.54) is 40.4 Å². The van der Waals surface area contributed by atoms with Crippen molar-refractivity contribution < 1.29 is 62.3 Å². The highest BCUT2D eigenvalue weighted by Crippen LogP contribution is 2.42. The number of ether oxygens (including phenoxy) is 8. The van der Waals surface area contributed by atoms with E-state index in [0.717, 1.165) is 18.4 Å². The van der Waals surface area contributed by atoms with Crippen LogP contribution in [-0.4, -0.2) is 87.5 Å². The van der Waals surface area contributed by atoms with Crippen molar-refractivity contribution in [2.24, 2.45) is 0 Å². The van der Waals surface area contributed by atoms with Crippen molar-refractivity contribution in [3.8, 4) is 34.5 Å². The van der Waals surface area contributed by atoms with Gasteiger partial charge in [0.25, 0.3) is 5.69 Å². The van der Waals surface area contributed by atoms with Crippen LogP contribution < -0.4 is 28.4 Å². The molecule has 0 saturated carbocycles. The minimum absolute atomic E-state index is 0.144. The number of likely N-dealkylation sites (tertiary alicyclic amines) is 1. The summed E-state index contributed by atoms with van der Waals surface area (Å²) in [6, 6.07) is 19.4. The smallest absolute Gasteiger partial charge is 0.344 e. The lowest BCUT2D eigenvalue weighted by Crippen LogP contribution is -2.50. The van der Waals surface area contributed by atoms with Crippen LogP contribution in [0.4, 0.5) is 5.69 Å². The fourth-order valence-corrected chi connectivity index (χ4v) is 7.91. The molecule has 4 aromatic carbocycles. The number of amides is 1. The van der Waals surface area contributed by atoms with Crippen LogP contribution in [0, 0.1) is 10.1 Å². The van der Waals surface area contributed by atoms with Gasteiger partial charge in [0.2, 0.25) is 11.7 Å². The molecule has 1 fully saturated rings. The van der Waals surface area contributed by atoms with E-state index in [1.807, 2.05) is 19.1 Å². The van der Waals surface area contributed by atoms with E-state index >= 15 is 0 Å². The first-order valence-electron chi connectivity index (χ1n) is 21.2. The number of aliphatic hydroxyl groups excluding tert-OH is 1. The number of aliphatic hydroxyl groups is 1. The van der Waals surface area contributed by atoms with Gasteiger partial charge in [-0.15, -0.1) is 0 Å². The highest BCUT2D eigenvalue weighted by molar-refractivity contribution is 5.89. The predicted octanol–water partition coefficient (Wildman–Crippen LogP) is 8.17. The Morgan fingerprint density at radius 3 is 2.12 bits per heavy atom. The van der Waals surface area contributed by atoms with Crippen LogP contribution in [0.15, 0.2) is 72.8 Å². The summed E-state index contributed by atoms with van der Waals surface area (Å²) in [5.74, 6) is 0.567. The fraction of sp³-hybridized carbons (Fsp3) is 0.438. The molecule has 1 N–H and O–H groups in total. The Kier molecular flexibility index (Phi) is 17.2. The molecule has 0 aromatic heterocycles. The lowest BCUT2D eigenvalue weighted by atomic mass is 9.91. The second-order valence-electron chi connectivity index (χ2n) is 15.4. The second kappa shape index (κ2) is 22.7. The van der Waals surface area contributed by atoms with Gasteiger partial charge >= 0.3 is 11.9 Å². The Hall–Kier alpha value is -6.55. The molecule has 0 radical (unpaired) electrons. The van der Waals surface area contributed by atoms with Crippen LogP contribution in [0.25, 0.3) is 0 Å². The predicted molar refractivity (Wildman–Crippen MR) is 235 cm³/mol. The standard InChI is InChI=1S/C48H58N2O14/c1-9-36(34-26-43(59-6)46(61-8)44(27-34)60-7)47(53)49-22-11-10-15-38(49)48(54)64-40(20-16-31-17-21-41(57-4)42(23-31)58-5)33-13-12-14-35(24-33)62-28-45(52)63-30(3)32-18-19-37(29(2)51)39(25-32)50(55)56/h12-14,17-19,21,23-27,29-30,36,38,40,51H,9-11,15-16,20,22,28H2,1-8H3/t29?,30?,36-,38?,40+/m0/s1. The summed E-state index contributed by atoms with van der Waals surface area (Å²) in [6.45, 7) is 4.81. The first-order chi connectivity index (χ1) is 30.8. The zero-order valence-electron chi connectivity index (χ0n) is 37.6. The highest BCUT2D eigenvalue weighted by Gasteiger charge is 2.38. The monoisotopic (exact) mass is 886 g/mol. The van der Waals surface area contributed by atoms with Gasteiger partial charge in [-0.1, -0.05) is 31.2 Å². The molecule has 1 heterocycles. The minimum Gasteiger partial charge on any atom is -0.493 e. The normalized spacial score (nSPS) is 15.5. The van der Waals surface area contributed by atoms with E-state index in [1.54, 1.807) is 74.6 Å². The number of aryl methyl sites for hydroxylation is 1. The molecule has 64 heavy (non-hydrogen) atoms. The van der Waals surface area contributed by atoms with Crippen molar-refractivity contribution in [3.63, 3.8) is 0 Å². The Bertz CT molecular complexity index is 2240. The molecular weight excluding hydrogens is 829 g/mol. The number of carbonyl (C=O) groups is 3. The molecule has 16 heteroatoms. The first-order valence-corrected chi connectivity index (χ1v) is 21.2. The summed E-state index contributed by atoms with van der Waals surface area (Å²) < 4.78 is 45.4. The lowest BCUT2D eigenvalue weighted by molar-refractivity contribution is -0.386. The maximum Gasteiger partial charge on any atom is 0.344 e. The zero-order chi connectivity index (χ0) is 46.5. The molecule has 16 nitrogen and oxygen atoms in total. The molecule has 0 aliphatic carbocycles. The lowest BCUT2D eigenvalue weighted by Gasteiger charge is -2.37. The number of nitrogens with zero attached hydrogens (tertiary/aromatic N) is 2. The molecule has 0 bridgehead atoms. The van der Waals surface area contributed by atoms with Crippen molar-refractivity contribution >= 4 is 23.5 Å². The Morgan fingerprint density at radius 2 is 1.50 bits per heavy atom. The average Bonchev–Trinajstić information content (AvgIpc) is 3.31. The summed E-state index contributed by atoms with van der Waals surface area (Å²) in [4.78, 5) is 54.5. The quantitative estimate of drug-likeness (QED) is 0.0479. The van der Waals surface area contributed by atoms with Crippen LogP contribution in [-0.2, 0) is 30.3 Å². The molecule has 1 amide bonds. The number of carbonyl (C=O) groups excluding carboxylic acids is 3. The Labute approximate surface area is 373 Å². The van der Waals surface area contributed by atoms with Crippen molar-refractivity contribution in [1.82, 2.24) is 4.90 Å². The summed E-state index contributed by atoms with van der Waals surface area (Å²) in [6.07, 6.45) is 0.408. The van der Waals surface area contributed by atoms with Crippen molar-refractivity contribution in [2.45, 2.75) is 89.6 Å². The molecule has 1 aliphatic heterocycles. The molecule has 1 saturated heterocycles. The number of esters is 2. The van der Waals surface area contributed by atoms with Crippen LogP contribution >= 0.6 is 0 Å². The number of methoxy groups -OCH3 is 5. The molecule has 0 spiro atoms. The van der Waals surface area contributed by atoms with Gasteiger partial charge in [0.05, 0.1) is 58.1 Å². The zero-order valence-corrected chi connectivity index (χ0v) is 37.6. The second-order valence-corrected chi connectivity index (χ2v) is 15.4. The SMILES string of the molecule is CC[C@H](C(=O)N1CCCCC1C(=O)O[C@H](CCc1ccc(OC)c(OC)c1)c1cccc(OCC(=O)OC(C)c2ccc(C(C)O)c([N+](=O)[O-])c2)c1)c1cc(OC)c(OC)c(OC)c1. The maximum absolute atomic E-state index is 14.5. The number of hydrogen-bond donors (Lipinski definition) is 1. The number of rotatable bonds is 21. The maximum atomic E-state index is 14.5. The van der Waals surface area contributed by atoms with E-state index in [9.17, 15) is 29.6 Å². The van der Waals surface area contributed by atoms with Crippen molar-refractivity contribution in [1.29, 1.82) is 0 Å². The van der Waals surface area contributed by atoms with Crippen molar-refractivity contribution in [3.05, 3.63) is 111 Å². The summed E-state index contributed by atoms with van der Waals surface area (Å²) >= 11 is 0. The molecule has 344 valence electrons. The summed E-state index contributed by atoms with van der Waals surface area (Å²) in [5.41, 5.74) is 2.39. The minimum atomic E-state index is -1.06. The molecular formula is C48H58N2O14. The van der Waals surface area contributed by atoms with Gasteiger partial charge in [-0.2, -0.15) is 0 Å². The number of nitro benzene ring substituents is 1. The van der Waals surface area contributed by atoms with Gasteiger partial charge in [0.1, 0.15) is 24.0 Å². The molecule has 3 unspecified atom stereocenters.